The lowest BCUT2D eigenvalue weighted by Gasteiger charge is -2.19. The second kappa shape index (κ2) is 9.75. The summed E-state index contributed by atoms with van der Waals surface area (Å²) >= 11 is 0. The van der Waals surface area contributed by atoms with E-state index in [1.165, 1.54) is 36.2 Å². The fourth-order valence-electron chi connectivity index (χ4n) is 3.09. The lowest BCUT2D eigenvalue weighted by Crippen LogP contribution is -2.35. The zero-order valence-electron chi connectivity index (χ0n) is 17.4. The van der Waals surface area contributed by atoms with E-state index in [0.717, 1.165) is 22.4 Å². The second-order valence-corrected chi connectivity index (χ2v) is 7.29. The molecule has 2 rings (SSSR count). The van der Waals surface area contributed by atoms with Crippen LogP contribution in [-0.2, 0) is 16.1 Å². The number of hydrogen-bond donors (Lipinski definition) is 1. The van der Waals surface area contributed by atoms with Crippen molar-refractivity contribution in [1.29, 1.82) is 0 Å². The molecule has 162 valence electrons. The molecule has 0 aliphatic rings. The van der Waals surface area contributed by atoms with E-state index in [4.69, 9.17) is 0 Å². The largest absolute Gasteiger partial charge is 0.411 e. The predicted molar refractivity (Wildman–Crippen MR) is 108 cm³/mol. The van der Waals surface area contributed by atoms with Gasteiger partial charge in [-0.15, -0.1) is 0 Å². The molecule has 1 N–H and O–H groups in total. The first-order valence-electron chi connectivity index (χ1n) is 9.33. The zero-order chi connectivity index (χ0) is 22.5. The van der Waals surface area contributed by atoms with Gasteiger partial charge in [0.05, 0.1) is 13.2 Å². The molecular weight excluding hydrogens is 397 g/mol. The summed E-state index contributed by atoms with van der Waals surface area (Å²) < 4.78 is 40.9. The van der Waals surface area contributed by atoms with Crippen molar-refractivity contribution in [2.24, 2.45) is 0 Å². The maximum absolute atomic E-state index is 12.5. The highest BCUT2D eigenvalue weighted by molar-refractivity contribution is 5.99. The molecule has 30 heavy (non-hydrogen) atoms. The molecule has 0 spiro atoms. The van der Waals surface area contributed by atoms with Crippen LogP contribution in [0.15, 0.2) is 36.4 Å². The number of anilines is 1. The molecule has 0 radical (unpaired) electrons. The molecule has 0 aliphatic carbocycles. The van der Waals surface area contributed by atoms with Crippen LogP contribution >= 0.6 is 0 Å². The van der Waals surface area contributed by atoms with E-state index in [-0.39, 0.29) is 25.0 Å². The van der Waals surface area contributed by atoms with Gasteiger partial charge in [-0.3, -0.25) is 9.59 Å². The number of alkyl halides is 3. The quantitative estimate of drug-likeness (QED) is 0.720. The van der Waals surface area contributed by atoms with Crippen molar-refractivity contribution in [3.8, 4) is 0 Å². The minimum absolute atomic E-state index is 0.137. The fraction of sp³-hybridized carbons (Fsp3) is 0.364. The van der Waals surface area contributed by atoms with Gasteiger partial charge in [0.25, 0.3) is 5.91 Å². The second-order valence-electron chi connectivity index (χ2n) is 7.29. The van der Waals surface area contributed by atoms with Crippen molar-refractivity contribution in [1.82, 2.24) is 4.90 Å². The van der Waals surface area contributed by atoms with Gasteiger partial charge < -0.3 is 15.0 Å². The standard InChI is InChI=1S/C22H25F3N2O3/c1-14-9-15(2)20(16(3)10-14)26-19(28)11-27(4)21(29)18-7-5-17(6-8-18)12-30-13-22(23,24)25/h5-10H,11-13H2,1-4H3,(H,26,28). The zero-order valence-corrected chi connectivity index (χ0v) is 17.4. The van der Waals surface area contributed by atoms with Gasteiger partial charge in [0.1, 0.15) is 6.61 Å². The molecular formula is C22H25F3N2O3. The highest BCUT2D eigenvalue weighted by atomic mass is 19.4. The number of carbonyl (C=O) groups is 2. The van der Waals surface area contributed by atoms with Gasteiger partial charge in [-0.2, -0.15) is 13.2 Å². The van der Waals surface area contributed by atoms with Gasteiger partial charge in [0, 0.05) is 18.3 Å². The summed E-state index contributed by atoms with van der Waals surface area (Å²) in [6.45, 7) is 4.12. The average molecular weight is 422 g/mol. The predicted octanol–water partition coefficient (Wildman–Crippen LogP) is 4.40. The van der Waals surface area contributed by atoms with E-state index in [0.29, 0.717) is 11.1 Å². The number of nitrogens with zero attached hydrogens (tertiary/aromatic N) is 1. The number of carbonyl (C=O) groups excluding carboxylic acids is 2. The number of likely N-dealkylation sites (N-methyl/N-ethyl adjacent to an activating group) is 1. The van der Waals surface area contributed by atoms with Crippen molar-refractivity contribution in [2.45, 2.75) is 33.6 Å². The fourth-order valence-corrected chi connectivity index (χ4v) is 3.09. The molecule has 0 bridgehead atoms. The number of halogens is 3. The van der Waals surface area contributed by atoms with Crippen molar-refractivity contribution < 1.29 is 27.5 Å². The Morgan fingerprint density at radius 2 is 1.60 bits per heavy atom. The Hall–Kier alpha value is -2.87. The smallest absolute Gasteiger partial charge is 0.367 e. The Bertz CT molecular complexity index is 886. The van der Waals surface area contributed by atoms with Crippen LogP contribution < -0.4 is 5.32 Å². The third-order valence-electron chi connectivity index (χ3n) is 4.40. The number of amides is 2. The molecule has 0 atom stereocenters. The normalized spacial score (nSPS) is 11.3. The van der Waals surface area contributed by atoms with Crippen molar-refractivity contribution in [3.05, 3.63) is 64.2 Å². The number of benzene rings is 2. The van der Waals surface area contributed by atoms with E-state index in [1.54, 1.807) is 0 Å². The summed E-state index contributed by atoms with van der Waals surface area (Å²) in [6.07, 6.45) is -4.38. The number of aryl methyl sites for hydroxylation is 3. The third kappa shape index (κ3) is 6.88. The molecule has 2 amide bonds. The molecule has 2 aromatic rings. The van der Waals surface area contributed by atoms with Crippen molar-refractivity contribution in [2.75, 3.05) is 25.5 Å². The topological polar surface area (TPSA) is 58.6 Å². The Morgan fingerprint density at radius 1 is 1.03 bits per heavy atom. The number of hydrogen-bond acceptors (Lipinski definition) is 3. The number of ether oxygens (including phenoxy) is 1. The summed E-state index contributed by atoms with van der Waals surface area (Å²) in [4.78, 5) is 26.2. The Balaban J connectivity index is 1.93. The molecule has 0 aliphatic heterocycles. The minimum atomic E-state index is -4.38. The van der Waals surface area contributed by atoms with Gasteiger partial charge in [-0.1, -0.05) is 29.8 Å². The highest BCUT2D eigenvalue weighted by Gasteiger charge is 2.27. The Kier molecular flexibility index (Phi) is 7.61. The van der Waals surface area contributed by atoms with Crippen LogP contribution in [0.5, 0.6) is 0 Å². The molecule has 5 nitrogen and oxygen atoms in total. The van der Waals surface area contributed by atoms with Gasteiger partial charge >= 0.3 is 6.18 Å². The first kappa shape index (κ1) is 23.4. The van der Waals surface area contributed by atoms with Crippen molar-refractivity contribution in [3.63, 3.8) is 0 Å². The molecule has 0 saturated carbocycles. The highest BCUT2D eigenvalue weighted by Crippen LogP contribution is 2.22. The summed E-state index contributed by atoms with van der Waals surface area (Å²) in [7, 11) is 1.51. The van der Waals surface area contributed by atoms with E-state index in [9.17, 15) is 22.8 Å². The van der Waals surface area contributed by atoms with Crippen molar-refractivity contribution >= 4 is 17.5 Å². The summed E-state index contributed by atoms with van der Waals surface area (Å²) in [5, 5.41) is 2.85. The lowest BCUT2D eigenvalue weighted by molar-refractivity contribution is -0.176. The molecule has 0 heterocycles. The van der Waals surface area contributed by atoms with E-state index >= 15 is 0 Å². The molecule has 8 heteroatoms. The molecule has 0 saturated heterocycles. The summed E-state index contributed by atoms with van der Waals surface area (Å²) in [5.41, 5.74) is 4.56. The first-order valence-corrected chi connectivity index (χ1v) is 9.33. The average Bonchev–Trinajstić information content (AvgIpc) is 2.63. The first-order chi connectivity index (χ1) is 14.0. The maximum Gasteiger partial charge on any atom is 0.411 e. The van der Waals surface area contributed by atoms with E-state index in [2.05, 4.69) is 10.1 Å². The SMILES string of the molecule is Cc1cc(C)c(NC(=O)CN(C)C(=O)c2ccc(COCC(F)(F)F)cc2)c(C)c1. The van der Waals surface area contributed by atoms with Crippen LogP contribution in [0.25, 0.3) is 0 Å². The van der Waals surface area contributed by atoms with Crippen LogP contribution in [0.3, 0.4) is 0 Å². The van der Waals surface area contributed by atoms with Crippen LogP contribution in [0.4, 0.5) is 18.9 Å². The van der Waals surface area contributed by atoms with Gasteiger partial charge in [-0.25, -0.2) is 0 Å². The number of rotatable bonds is 7. The van der Waals surface area contributed by atoms with Crippen LogP contribution in [0.2, 0.25) is 0 Å². The van der Waals surface area contributed by atoms with E-state index < -0.39 is 12.8 Å². The van der Waals surface area contributed by atoms with Gasteiger partial charge in [0.2, 0.25) is 5.91 Å². The molecule has 0 unspecified atom stereocenters. The lowest BCUT2D eigenvalue weighted by atomic mass is 10.1. The minimum Gasteiger partial charge on any atom is -0.367 e. The third-order valence-corrected chi connectivity index (χ3v) is 4.40. The number of nitrogens with one attached hydrogen (secondary N) is 1. The van der Waals surface area contributed by atoms with Gasteiger partial charge in [-0.05, 0) is 49.6 Å². The maximum atomic E-state index is 12.5. The van der Waals surface area contributed by atoms with Crippen LogP contribution in [0, 0.1) is 20.8 Å². The Labute approximate surface area is 173 Å². The molecule has 0 aromatic heterocycles. The van der Waals surface area contributed by atoms with Gasteiger partial charge in [0.15, 0.2) is 0 Å². The molecule has 0 fully saturated rings. The van der Waals surface area contributed by atoms with Crippen LogP contribution in [-0.4, -0.2) is 43.1 Å². The summed E-state index contributed by atoms with van der Waals surface area (Å²) in [6, 6.07) is 9.98. The Morgan fingerprint density at radius 3 is 2.13 bits per heavy atom. The van der Waals surface area contributed by atoms with Crippen LogP contribution in [0.1, 0.15) is 32.6 Å². The monoisotopic (exact) mass is 422 g/mol. The molecule has 2 aromatic carbocycles. The summed E-state index contributed by atoms with van der Waals surface area (Å²) in [5.74, 6) is -0.691. The van der Waals surface area contributed by atoms with E-state index in [1.807, 2.05) is 32.9 Å².